The third-order valence-corrected chi connectivity index (χ3v) is 5.24. The van der Waals surface area contributed by atoms with Crippen molar-refractivity contribution in [3.63, 3.8) is 0 Å². The number of carbonyl (C=O) groups excluding carboxylic acids is 1. The molecule has 1 aliphatic rings. The molecule has 2 heterocycles. The largest absolute Gasteiger partial charge is 0.337 e. The number of nitrogens with one attached hydrogen (secondary N) is 1. The van der Waals surface area contributed by atoms with Gasteiger partial charge >= 0.3 is 0 Å². The zero-order valence-electron chi connectivity index (χ0n) is 15.9. The molecular formula is C22H24N4O2. The first kappa shape index (κ1) is 18.4. The molecule has 0 bridgehead atoms. The lowest BCUT2D eigenvalue weighted by atomic mass is 9.96. The molecule has 0 spiro atoms. The van der Waals surface area contributed by atoms with Gasteiger partial charge in [0.2, 0.25) is 17.6 Å². The lowest BCUT2D eigenvalue weighted by molar-refractivity contribution is -0.121. The van der Waals surface area contributed by atoms with Crippen LogP contribution in [0.5, 0.6) is 0 Å². The molecule has 0 saturated carbocycles. The Morgan fingerprint density at radius 2 is 1.86 bits per heavy atom. The smallest absolute Gasteiger partial charge is 0.244 e. The Bertz CT molecular complexity index is 911. The number of anilines is 1. The van der Waals surface area contributed by atoms with E-state index in [1.807, 2.05) is 60.7 Å². The molecule has 1 saturated heterocycles. The molecular weight excluding hydrogens is 352 g/mol. The van der Waals surface area contributed by atoms with E-state index in [2.05, 4.69) is 27.3 Å². The van der Waals surface area contributed by atoms with Crippen LogP contribution in [0.15, 0.2) is 65.2 Å². The summed E-state index contributed by atoms with van der Waals surface area (Å²) < 4.78 is 5.52. The molecule has 1 aromatic heterocycles. The van der Waals surface area contributed by atoms with Crippen LogP contribution in [-0.2, 0) is 4.79 Å². The first-order chi connectivity index (χ1) is 13.7. The maximum Gasteiger partial charge on any atom is 0.244 e. The summed E-state index contributed by atoms with van der Waals surface area (Å²) >= 11 is 0. The van der Waals surface area contributed by atoms with Gasteiger partial charge in [0.25, 0.3) is 0 Å². The topological polar surface area (TPSA) is 71.3 Å². The summed E-state index contributed by atoms with van der Waals surface area (Å²) in [5.74, 6) is 1.20. The van der Waals surface area contributed by atoms with Gasteiger partial charge in [-0.25, -0.2) is 0 Å². The van der Waals surface area contributed by atoms with E-state index in [1.165, 1.54) is 0 Å². The minimum Gasteiger partial charge on any atom is -0.337 e. The molecule has 1 N–H and O–H groups in total. The van der Waals surface area contributed by atoms with Gasteiger partial charge in [-0.1, -0.05) is 53.7 Å². The van der Waals surface area contributed by atoms with Crippen molar-refractivity contribution in [1.29, 1.82) is 0 Å². The Morgan fingerprint density at radius 1 is 1.14 bits per heavy atom. The number of hydrogen-bond donors (Lipinski definition) is 1. The number of rotatable bonds is 5. The molecule has 2 aromatic carbocycles. The van der Waals surface area contributed by atoms with E-state index < -0.39 is 0 Å². The van der Waals surface area contributed by atoms with Crippen LogP contribution in [-0.4, -0.2) is 34.0 Å². The van der Waals surface area contributed by atoms with Crippen LogP contribution in [0.25, 0.3) is 11.4 Å². The predicted molar refractivity (Wildman–Crippen MR) is 108 cm³/mol. The third kappa shape index (κ3) is 4.12. The highest BCUT2D eigenvalue weighted by atomic mass is 16.5. The Balaban J connectivity index is 1.41. The molecule has 4 rings (SSSR count). The lowest BCUT2D eigenvalue weighted by Crippen LogP contribution is -2.41. The fraction of sp³-hybridized carbons (Fsp3) is 0.318. The monoisotopic (exact) mass is 376 g/mol. The zero-order chi connectivity index (χ0) is 19.3. The summed E-state index contributed by atoms with van der Waals surface area (Å²) in [5, 5.41) is 7.14. The second-order valence-electron chi connectivity index (χ2n) is 7.19. The normalized spacial score (nSPS) is 18.5. The van der Waals surface area contributed by atoms with E-state index in [0.29, 0.717) is 18.3 Å². The van der Waals surface area contributed by atoms with Crippen molar-refractivity contribution in [3.05, 3.63) is 66.6 Å². The molecule has 2 atom stereocenters. The van der Waals surface area contributed by atoms with Crippen molar-refractivity contribution < 1.29 is 9.32 Å². The number of benzene rings is 2. The van der Waals surface area contributed by atoms with Crippen molar-refractivity contribution in [2.24, 2.45) is 5.92 Å². The molecule has 3 aromatic rings. The quantitative estimate of drug-likeness (QED) is 0.724. The minimum atomic E-state index is -0.0482. The molecule has 1 aliphatic heterocycles. The molecule has 144 valence electrons. The first-order valence-corrected chi connectivity index (χ1v) is 9.69. The zero-order valence-corrected chi connectivity index (χ0v) is 15.9. The number of likely N-dealkylation sites (tertiary alicyclic amines) is 1. The van der Waals surface area contributed by atoms with Crippen molar-refractivity contribution in [2.75, 3.05) is 18.4 Å². The van der Waals surface area contributed by atoms with Gasteiger partial charge in [-0.2, -0.15) is 4.98 Å². The SMILES string of the molecule is CC(c1nc(-c2ccccc2)no1)N1CCCC(C(=O)Nc2ccccc2)C1. The molecule has 6 heteroatoms. The van der Waals surface area contributed by atoms with Crippen molar-refractivity contribution in [3.8, 4) is 11.4 Å². The van der Waals surface area contributed by atoms with Crippen LogP contribution >= 0.6 is 0 Å². The fourth-order valence-corrected chi connectivity index (χ4v) is 3.60. The second kappa shape index (κ2) is 8.35. The van der Waals surface area contributed by atoms with Gasteiger partial charge in [0.05, 0.1) is 12.0 Å². The number of amides is 1. The van der Waals surface area contributed by atoms with E-state index in [4.69, 9.17) is 4.52 Å². The van der Waals surface area contributed by atoms with Gasteiger partial charge < -0.3 is 9.84 Å². The van der Waals surface area contributed by atoms with Crippen LogP contribution in [0.1, 0.15) is 31.7 Å². The predicted octanol–water partition coefficient (Wildman–Crippen LogP) is 4.15. The van der Waals surface area contributed by atoms with Crippen LogP contribution in [0.2, 0.25) is 0 Å². The van der Waals surface area contributed by atoms with E-state index in [1.54, 1.807) is 0 Å². The summed E-state index contributed by atoms with van der Waals surface area (Å²) in [6, 6.07) is 19.4. The summed E-state index contributed by atoms with van der Waals surface area (Å²) in [6.07, 6.45) is 1.86. The van der Waals surface area contributed by atoms with Gasteiger partial charge in [0, 0.05) is 17.8 Å². The number of nitrogens with zero attached hydrogens (tertiary/aromatic N) is 3. The number of para-hydroxylation sites is 1. The molecule has 1 amide bonds. The van der Waals surface area contributed by atoms with Crippen molar-refractivity contribution in [1.82, 2.24) is 15.0 Å². The summed E-state index contributed by atoms with van der Waals surface area (Å²) in [4.78, 5) is 19.5. The highest BCUT2D eigenvalue weighted by molar-refractivity contribution is 5.92. The van der Waals surface area contributed by atoms with Gasteiger partial charge in [0.15, 0.2) is 0 Å². The highest BCUT2D eigenvalue weighted by Crippen LogP contribution is 2.28. The lowest BCUT2D eigenvalue weighted by Gasteiger charge is -2.34. The Kier molecular flexibility index (Phi) is 5.48. The standard InChI is InChI=1S/C22H24N4O2/c1-16(22-24-20(25-28-22)17-9-4-2-5-10-17)26-14-8-11-18(15-26)21(27)23-19-12-6-3-7-13-19/h2-7,9-10,12-13,16,18H,8,11,14-15H2,1H3,(H,23,27). The molecule has 0 radical (unpaired) electrons. The van der Waals surface area contributed by atoms with E-state index in [-0.39, 0.29) is 17.9 Å². The Hall–Kier alpha value is -2.99. The van der Waals surface area contributed by atoms with E-state index in [9.17, 15) is 4.79 Å². The third-order valence-electron chi connectivity index (χ3n) is 5.24. The Morgan fingerprint density at radius 3 is 2.61 bits per heavy atom. The molecule has 6 nitrogen and oxygen atoms in total. The molecule has 0 aliphatic carbocycles. The van der Waals surface area contributed by atoms with Crippen LogP contribution in [0.4, 0.5) is 5.69 Å². The van der Waals surface area contributed by atoms with Crippen molar-refractivity contribution in [2.45, 2.75) is 25.8 Å². The van der Waals surface area contributed by atoms with E-state index in [0.717, 1.165) is 30.6 Å². The number of hydrogen-bond acceptors (Lipinski definition) is 5. The number of piperidine rings is 1. The van der Waals surface area contributed by atoms with Gasteiger partial charge in [-0.05, 0) is 38.4 Å². The fourth-order valence-electron chi connectivity index (χ4n) is 3.60. The minimum absolute atomic E-state index is 0.0303. The van der Waals surface area contributed by atoms with Crippen LogP contribution < -0.4 is 5.32 Å². The molecule has 2 unspecified atom stereocenters. The molecule has 28 heavy (non-hydrogen) atoms. The highest BCUT2D eigenvalue weighted by Gasteiger charge is 2.31. The summed E-state index contributed by atoms with van der Waals surface area (Å²) in [6.45, 7) is 3.65. The first-order valence-electron chi connectivity index (χ1n) is 9.69. The number of carbonyl (C=O) groups is 1. The van der Waals surface area contributed by atoms with E-state index >= 15 is 0 Å². The average molecular weight is 376 g/mol. The number of aromatic nitrogens is 2. The second-order valence-corrected chi connectivity index (χ2v) is 7.19. The van der Waals surface area contributed by atoms with Gasteiger partial charge in [-0.15, -0.1) is 0 Å². The van der Waals surface area contributed by atoms with Gasteiger partial charge in [0.1, 0.15) is 0 Å². The maximum absolute atomic E-state index is 12.7. The average Bonchev–Trinajstić information content (AvgIpc) is 3.25. The van der Waals surface area contributed by atoms with Crippen LogP contribution in [0, 0.1) is 5.92 Å². The van der Waals surface area contributed by atoms with Crippen molar-refractivity contribution >= 4 is 11.6 Å². The Labute approximate surface area is 164 Å². The van der Waals surface area contributed by atoms with Gasteiger partial charge in [-0.3, -0.25) is 9.69 Å². The summed E-state index contributed by atoms with van der Waals surface area (Å²) in [5.41, 5.74) is 1.77. The maximum atomic E-state index is 12.7. The van der Waals surface area contributed by atoms with Crippen LogP contribution in [0.3, 0.4) is 0 Å². The molecule has 1 fully saturated rings. The summed E-state index contributed by atoms with van der Waals surface area (Å²) in [7, 11) is 0.